The zero-order valence-corrected chi connectivity index (χ0v) is 18.5. The lowest BCUT2D eigenvalue weighted by atomic mass is 10.1. The molecular formula is C19H19BrClN5O4. The van der Waals surface area contributed by atoms with E-state index in [0.29, 0.717) is 45.8 Å². The molecule has 11 heteroatoms. The zero-order chi connectivity index (χ0) is 21.4. The highest BCUT2D eigenvalue weighted by Gasteiger charge is 2.33. The predicted octanol–water partition coefficient (Wildman–Crippen LogP) is 3.68. The largest absolute Gasteiger partial charge is 0.495 e. The number of rotatable bonds is 5. The maximum absolute atomic E-state index is 11.5. The van der Waals surface area contributed by atoms with Crippen LogP contribution in [0, 0.1) is 11.3 Å². The van der Waals surface area contributed by atoms with Crippen molar-refractivity contribution in [1.82, 2.24) is 14.9 Å². The molecule has 1 N–H and O–H groups in total. The maximum Gasteiger partial charge on any atom is 0.407 e. The molecule has 0 radical (unpaired) electrons. The van der Waals surface area contributed by atoms with Gasteiger partial charge in [-0.3, -0.25) is 0 Å². The van der Waals surface area contributed by atoms with Crippen LogP contribution in [0.25, 0.3) is 10.9 Å². The second kappa shape index (κ2) is 8.32. The fraction of sp³-hybridized carbons (Fsp3) is 0.474. The quantitative estimate of drug-likeness (QED) is 0.624. The Bertz CT molecular complexity index is 1040. The monoisotopic (exact) mass is 495 g/mol. The first kappa shape index (κ1) is 20.8. The summed E-state index contributed by atoms with van der Waals surface area (Å²) in [6.07, 6.45) is 1.14. The van der Waals surface area contributed by atoms with Crippen molar-refractivity contribution >= 4 is 50.3 Å². The standard InChI is InChI=1S/C19H19BrClN5O4/c1-29-13-8-12-15(16(14(13)20)30-11-2-3-11)23-18(21)24-17(12)25-6-7-26(19(27)28)10(9-25)4-5-22/h8,10-11H,2-4,6-7,9H2,1H3,(H,27,28)/t10-/m0/s1. The molecule has 9 nitrogen and oxygen atoms in total. The molecule has 158 valence electrons. The minimum Gasteiger partial charge on any atom is -0.495 e. The van der Waals surface area contributed by atoms with E-state index in [0.717, 1.165) is 12.8 Å². The number of nitrogens with zero attached hydrogens (tertiary/aromatic N) is 5. The minimum atomic E-state index is -1.04. The average Bonchev–Trinajstić information content (AvgIpc) is 3.54. The first-order valence-corrected chi connectivity index (χ1v) is 10.6. The molecule has 0 unspecified atom stereocenters. The molecule has 1 amide bonds. The van der Waals surface area contributed by atoms with Crippen molar-refractivity contribution in [3.8, 4) is 17.6 Å². The molecule has 1 saturated carbocycles. The summed E-state index contributed by atoms with van der Waals surface area (Å²) in [5.41, 5.74) is 0.557. The van der Waals surface area contributed by atoms with Gasteiger partial charge in [0.05, 0.1) is 37.1 Å². The highest BCUT2D eigenvalue weighted by molar-refractivity contribution is 9.10. The van der Waals surface area contributed by atoms with E-state index < -0.39 is 12.1 Å². The SMILES string of the molecule is COc1cc2c(N3CCN(C(=O)O)[C@@H](CC#N)C3)nc(Cl)nc2c(OC2CC2)c1Br. The van der Waals surface area contributed by atoms with Crippen LogP contribution in [-0.4, -0.2) is 65.0 Å². The lowest BCUT2D eigenvalue weighted by Crippen LogP contribution is -2.55. The van der Waals surface area contributed by atoms with Gasteiger partial charge in [0, 0.05) is 19.6 Å². The van der Waals surface area contributed by atoms with Crippen molar-refractivity contribution in [2.45, 2.75) is 31.4 Å². The van der Waals surface area contributed by atoms with Crippen LogP contribution in [0.3, 0.4) is 0 Å². The highest BCUT2D eigenvalue weighted by Crippen LogP contribution is 2.45. The van der Waals surface area contributed by atoms with E-state index in [9.17, 15) is 9.90 Å². The number of nitriles is 1. The molecule has 1 aromatic carbocycles. The lowest BCUT2D eigenvalue weighted by Gasteiger charge is -2.40. The number of benzene rings is 1. The maximum atomic E-state index is 11.5. The van der Waals surface area contributed by atoms with Crippen LogP contribution in [0.1, 0.15) is 19.3 Å². The van der Waals surface area contributed by atoms with E-state index in [-0.39, 0.29) is 24.4 Å². The summed E-state index contributed by atoms with van der Waals surface area (Å²) >= 11 is 9.80. The number of carboxylic acid groups (broad SMARTS) is 1. The molecule has 0 spiro atoms. The Morgan fingerprint density at radius 2 is 2.20 bits per heavy atom. The van der Waals surface area contributed by atoms with Gasteiger partial charge in [-0.05, 0) is 46.4 Å². The van der Waals surface area contributed by atoms with E-state index in [1.807, 2.05) is 11.0 Å². The Morgan fingerprint density at radius 3 is 2.83 bits per heavy atom. The summed E-state index contributed by atoms with van der Waals surface area (Å²) in [5, 5.41) is 19.3. The number of hydrogen-bond acceptors (Lipinski definition) is 7. The number of anilines is 1. The van der Waals surface area contributed by atoms with Crippen molar-refractivity contribution < 1.29 is 19.4 Å². The van der Waals surface area contributed by atoms with Crippen LogP contribution in [-0.2, 0) is 0 Å². The zero-order valence-electron chi connectivity index (χ0n) is 16.1. The third kappa shape index (κ3) is 3.91. The van der Waals surface area contributed by atoms with Crippen molar-refractivity contribution in [2.24, 2.45) is 0 Å². The fourth-order valence-electron chi connectivity index (χ4n) is 3.58. The predicted molar refractivity (Wildman–Crippen MR) is 113 cm³/mol. The third-order valence-electron chi connectivity index (χ3n) is 5.19. The van der Waals surface area contributed by atoms with Crippen LogP contribution in [0.5, 0.6) is 11.5 Å². The van der Waals surface area contributed by atoms with Gasteiger partial charge >= 0.3 is 6.09 Å². The summed E-state index contributed by atoms with van der Waals surface area (Å²) in [6.45, 7) is 0.983. The van der Waals surface area contributed by atoms with Gasteiger partial charge in [0.2, 0.25) is 5.28 Å². The van der Waals surface area contributed by atoms with Crippen molar-refractivity contribution in [2.75, 3.05) is 31.6 Å². The number of piperazine rings is 1. The molecule has 0 bridgehead atoms. The third-order valence-corrected chi connectivity index (χ3v) is 6.11. The molecule has 1 saturated heterocycles. The van der Waals surface area contributed by atoms with Crippen LogP contribution in [0.15, 0.2) is 10.5 Å². The molecule has 4 rings (SSSR count). The Hall–Kier alpha value is -2.51. The van der Waals surface area contributed by atoms with Gasteiger partial charge in [-0.2, -0.15) is 10.2 Å². The Balaban J connectivity index is 1.81. The topological polar surface area (TPSA) is 112 Å². The normalized spacial score (nSPS) is 18.9. The highest BCUT2D eigenvalue weighted by atomic mass is 79.9. The molecule has 1 aliphatic carbocycles. The molecule has 2 fully saturated rings. The number of halogens is 2. The van der Waals surface area contributed by atoms with E-state index in [1.54, 1.807) is 7.11 Å². The molecule has 30 heavy (non-hydrogen) atoms. The average molecular weight is 497 g/mol. The molecule has 2 aliphatic rings. The number of methoxy groups -OCH3 is 1. The Labute approximate surface area is 186 Å². The van der Waals surface area contributed by atoms with E-state index in [4.69, 9.17) is 26.3 Å². The van der Waals surface area contributed by atoms with Crippen LogP contribution < -0.4 is 14.4 Å². The summed E-state index contributed by atoms with van der Waals surface area (Å²) in [5.74, 6) is 1.68. The molecule has 2 heterocycles. The molecule has 1 atom stereocenters. The lowest BCUT2D eigenvalue weighted by molar-refractivity contribution is 0.119. The first-order valence-electron chi connectivity index (χ1n) is 9.44. The van der Waals surface area contributed by atoms with Crippen molar-refractivity contribution in [3.63, 3.8) is 0 Å². The van der Waals surface area contributed by atoms with Crippen LogP contribution in [0.4, 0.5) is 10.6 Å². The van der Waals surface area contributed by atoms with Crippen molar-refractivity contribution in [3.05, 3.63) is 15.8 Å². The smallest absolute Gasteiger partial charge is 0.407 e. The van der Waals surface area contributed by atoms with Gasteiger partial charge in [0.1, 0.15) is 21.6 Å². The molecular weight excluding hydrogens is 478 g/mol. The van der Waals surface area contributed by atoms with Gasteiger partial charge in [0.15, 0.2) is 5.75 Å². The number of amides is 1. The summed E-state index contributed by atoms with van der Waals surface area (Å²) in [6, 6.07) is 3.41. The number of carbonyl (C=O) groups is 1. The summed E-state index contributed by atoms with van der Waals surface area (Å²) in [4.78, 5) is 23.6. The van der Waals surface area contributed by atoms with Crippen LogP contribution >= 0.6 is 27.5 Å². The Morgan fingerprint density at radius 1 is 1.43 bits per heavy atom. The Kier molecular flexibility index (Phi) is 5.75. The second-order valence-corrected chi connectivity index (χ2v) is 8.32. The van der Waals surface area contributed by atoms with Gasteiger partial charge in [-0.1, -0.05) is 0 Å². The number of ether oxygens (including phenoxy) is 2. The molecule has 1 aromatic heterocycles. The fourth-order valence-corrected chi connectivity index (χ4v) is 4.30. The molecule has 1 aliphatic heterocycles. The van der Waals surface area contributed by atoms with Gasteiger partial charge in [-0.15, -0.1) is 0 Å². The number of fused-ring (bicyclic) bond motifs is 1. The van der Waals surface area contributed by atoms with Crippen LogP contribution in [0.2, 0.25) is 5.28 Å². The van der Waals surface area contributed by atoms with Gasteiger partial charge in [-0.25, -0.2) is 9.78 Å². The molecule has 2 aromatic rings. The number of aromatic nitrogens is 2. The first-order chi connectivity index (χ1) is 14.4. The van der Waals surface area contributed by atoms with Crippen molar-refractivity contribution in [1.29, 1.82) is 5.26 Å². The van der Waals surface area contributed by atoms with Gasteiger partial charge in [0.25, 0.3) is 0 Å². The summed E-state index contributed by atoms with van der Waals surface area (Å²) < 4.78 is 12.3. The number of hydrogen-bond donors (Lipinski definition) is 1. The van der Waals surface area contributed by atoms with E-state index in [2.05, 4.69) is 32.0 Å². The van der Waals surface area contributed by atoms with E-state index in [1.165, 1.54) is 4.90 Å². The second-order valence-electron chi connectivity index (χ2n) is 7.19. The summed E-state index contributed by atoms with van der Waals surface area (Å²) in [7, 11) is 1.57. The minimum absolute atomic E-state index is 0.0627. The van der Waals surface area contributed by atoms with E-state index >= 15 is 0 Å². The van der Waals surface area contributed by atoms with Gasteiger partial charge < -0.3 is 24.4 Å².